The summed E-state index contributed by atoms with van der Waals surface area (Å²) in [4.78, 5) is 13.7. The van der Waals surface area contributed by atoms with Crippen LogP contribution in [0.5, 0.6) is 0 Å². The van der Waals surface area contributed by atoms with Crippen molar-refractivity contribution in [2.24, 2.45) is 5.73 Å². The van der Waals surface area contributed by atoms with Gasteiger partial charge in [0, 0.05) is 18.7 Å². The summed E-state index contributed by atoms with van der Waals surface area (Å²) in [6.07, 6.45) is 4.72. The number of hydrogen-bond acceptors (Lipinski definition) is 2. The van der Waals surface area contributed by atoms with Crippen LogP contribution in [0.15, 0.2) is 24.4 Å². The molecule has 0 saturated heterocycles. The summed E-state index contributed by atoms with van der Waals surface area (Å²) in [6, 6.07) is 2.91. The zero-order chi connectivity index (χ0) is 9.68. The summed E-state index contributed by atoms with van der Waals surface area (Å²) in [7, 11) is 0. The molecule has 0 saturated carbocycles. The van der Waals surface area contributed by atoms with Crippen molar-refractivity contribution < 1.29 is 9.18 Å². The Kier molecular flexibility index (Phi) is 3.14. The van der Waals surface area contributed by atoms with Crippen molar-refractivity contribution in [2.75, 3.05) is 0 Å². The number of rotatable bonds is 3. The van der Waals surface area contributed by atoms with Gasteiger partial charge in [0.2, 0.25) is 11.9 Å². The van der Waals surface area contributed by atoms with Gasteiger partial charge in [0.1, 0.15) is 0 Å². The quantitative estimate of drug-likeness (QED) is 0.708. The first-order valence-electron chi connectivity index (χ1n) is 3.75. The predicted octanol–water partition coefficient (Wildman–Crippen LogP) is 1.11. The number of carbonyl (C=O) groups excluding carboxylic acids is 1. The molecule has 0 atom stereocenters. The largest absolute Gasteiger partial charge is 0.369 e. The fraction of sp³-hybridized carbons (Fsp3) is 0.111. The minimum atomic E-state index is -0.541. The van der Waals surface area contributed by atoms with Crippen molar-refractivity contribution >= 4 is 12.0 Å². The summed E-state index contributed by atoms with van der Waals surface area (Å²) in [5, 5.41) is 0. The molecule has 13 heavy (non-hydrogen) atoms. The van der Waals surface area contributed by atoms with Gasteiger partial charge in [0.05, 0.1) is 0 Å². The molecule has 3 nitrogen and oxygen atoms in total. The lowest BCUT2D eigenvalue weighted by molar-refractivity contribution is -0.117. The monoisotopic (exact) mass is 180 g/mol. The first kappa shape index (κ1) is 9.38. The Bertz CT molecular complexity index is 336. The lowest BCUT2D eigenvalue weighted by Gasteiger charge is -1.91. The lowest BCUT2D eigenvalue weighted by Crippen LogP contribution is -2.07. The van der Waals surface area contributed by atoms with Crippen molar-refractivity contribution in [2.45, 2.75) is 6.42 Å². The average molecular weight is 180 g/mol. The van der Waals surface area contributed by atoms with Crippen molar-refractivity contribution in [3.8, 4) is 0 Å². The number of nitrogens with two attached hydrogens (primary N) is 1. The van der Waals surface area contributed by atoms with Gasteiger partial charge < -0.3 is 5.73 Å². The zero-order valence-corrected chi connectivity index (χ0v) is 6.90. The van der Waals surface area contributed by atoms with Crippen LogP contribution in [0, 0.1) is 5.95 Å². The lowest BCUT2D eigenvalue weighted by atomic mass is 10.2. The van der Waals surface area contributed by atoms with Crippen LogP contribution in [0.4, 0.5) is 4.39 Å². The van der Waals surface area contributed by atoms with Crippen LogP contribution >= 0.6 is 0 Å². The molecule has 0 bridgehead atoms. The highest BCUT2D eigenvalue weighted by molar-refractivity contribution is 5.76. The number of hydrogen-bond donors (Lipinski definition) is 1. The zero-order valence-electron chi connectivity index (χ0n) is 6.90. The van der Waals surface area contributed by atoms with Crippen LogP contribution < -0.4 is 5.73 Å². The Morgan fingerprint density at radius 3 is 3.08 bits per heavy atom. The van der Waals surface area contributed by atoms with Crippen molar-refractivity contribution in [1.82, 2.24) is 4.98 Å². The molecular formula is C9H9FN2O. The van der Waals surface area contributed by atoms with Gasteiger partial charge in [-0.15, -0.1) is 0 Å². The van der Waals surface area contributed by atoms with E-state index in [1.54, 1.807) is 18.2 Å². The molecule has 0 spiro atoms. The minimum absolute atomic E-state index is 0.157. The third-order valence-corrected chi connectivity index (χ3v) is 1.38. The summed E-state index contributed by atoms with van der Waals surface area (Å²) in [5.74, 6) is -0.952. The number of nitrogens with zero attached hydrogens (tertiary/aromatic N) is 1. The fourth-order valence-electron chi connectivity index (χ4n) is 0.832. The molecule has 2 N–H and O–H groups in total. The van der Waals surface area contributed by atoms with Crippen molar-refractivity contribution in [3.63, 3.8) is 0 Å². The second kappa shape index (κ2) is 4.35. The number of carbonyl (C=O) groups is 1. The maximum Gasteiger partial charge on any atom is 0.221 e. The highest BCUT2D eigenvalue weighted by Gasteiger charge is 1.91. The summed E-state index contributed by atoms with van der Waals surface area (Å²) < 4.78 is 12.5. The molecule has 0 unspecified atom stereocenters. The number of halogens is 1. The Balaban J connectivity index is 2.63. The molecule has 1 aromatic rings. The topological polar surface area (TPSA) is 56.0 Å². The number of amides is 1. The third kappa shape index (κ3) is 3.46. The van der Waals surface area contributed by atoms with E-state index in [4.69, 9.17) is 5.73 Å². The minimum Gasteiger partial charge on any atom is -0.369 e. The van der Waals surface area contributed by atoms with E-state index in [1.165, 1.54) is 12.3 Å². The van der Waals surface area contributed by atoms with Crippen LogP contribution in [0.25, 0.3) is 6.08 Å². The Labute approximate surface area is 75.1 Å². The molecule has 68 valence electrons. The SMILES string of the molecule is NC(=O)CC=Cc1ccnc(F)c1. The van der Waals surface area contributed by atoms with Crippen LogP contribution in [0.3, 0.4) is 0 Å². The molecule has 0 fully saturated rings. The highest BCUT2D eigenvalue weighted by Crippen LogP contribution is 2.02. The molecule has 0 aliphatic rings. The van der Waals surface area contributed by atoms with Crippen LogP contribution in [0.2, 0.25) is 0 Å². The van der Waals surface area contributed by atoms with E-state index in [9.17, 15) is 9.18 Å². The molecule has 0 aliphatic carbocycles. The molecular weight excluding hydrogens is 171 g/mol. The predicted molar refractivity (Wildman–Crippen MR) is 47.0 cm³/mol. The van der Waals surface area contributed by atoms with E-state index in [0.29, 0.717) is 5.56 Å². The van der Waals surface area contributed by atoms with Gasteiger partial charge in [-0.3, -0.25) is 4.79 Å². The molecule has 1 aromatic heterocycles. The number of aromatic nitrogens is 1. The van der Waals surface area contributed by atoms with E-state index in [-0.39, 0.29) is 6.42 Å². The van der Waals surface area contributed by atoms with Gasteiger partial charge >= 0.3 is 0 Å². The number of primary amides is 1. The van der Waals surface area contributed by atoms with Crippen LogP contribution in [-0.4, -0.2) is 10.9 Å². The van der Waals surface area contributed by atoms with Crippen molar-refractivity contribution in [3.05, 3.63) is 35.9 Å². The molecule has 1 rings (SSSR count). The van der Waals surface area contributed by atoms with E-state index in [0.717, 1.165) is 0 Å². The van der Waals surface area contributed by atoms with E-state index in [2.05, 4.69) is 4.98 Å². The third-order valence-electron chi connectivity index (χ3n) is 1.38. The molecule has 1 heterocycles. The van der Waals surface area contributed by atoms with Gasteiger partial charge in [-0.05, 0) is 11.6 Å². The average Bonchev–Trinajstić information content (AvgIpc) is 2.03. The van der Waals surface area contributed by atoms with Gasteiger partial charge in [-0.1, -0.05) is 12.2 Å². The molecule has 0 radical (unpaired) electrons. The van der Waals surface area contributed by atoms with Gasteiger partial charge in [-0.25, -0.2) is 4.98 Å². The van der Waals surface area contributed by atoms with Gasteiger partial charge in [0.25, 0.3) is 0 Å². The summed E-state index contributed by atoms with van der Waals surface area (Å²) >= 11 is 0. The van der Waals surface area contributed by atoms with Crippen molar-refractivity contribution in [1.29, 1.82) is 0 Å². The van der Waals surface area contributed by atoms with Crippen LogP contribution in [-0.2, 0) is 4.79 Å². The van der Waals surface area contributed by atoms with E-state index >= 15 is 0 Å². The Morgan fingerprint density at radius 2 is 2.46 bits per heavy atom. The summed E-state index contributed by atoms with van der Waals surface area (Å²) in [5.41, 5.74) is 5.57. The van der Waals surface area contributed by atoms with E-state index < -0.39 is 11.9 Å². The normalized spacial score (nSPS) is 10.5. The maximum atomic E-state index is 12.5. The second-order valence-corrected chi connectivity index (χ2v) is 2.48. The first-order valence-corrected chi connectivity index (χ1v) is 3.75. The van der Waals surface area contributed by atoms with E-state index in [1.807, 2.05) is 0 Å². The molecule has 0 aromatic carbocycles. The summed E-state index contributed by atoms with van der Waals surface area (Å²) in [6.45, 7) is 0. The van der Waals surface area contributed by atoms with Gasteiger partial charge in [-0.2, -0.15) is 4.39 Å². The fourth-order valence-corrected chi connectivity index (χ4v) is 0.832. The second-order valence-electron chi connectivity index (χ2n) is 2.48. The maximum absolute atomic E-state index is 12.5. The molecule has 4 heteroatoms. The first-order chi connectivity index (χ1) is 6.18. The van der Waals surface area contributed by atoms with Crippen LogP contribution in [0.1, 0.15) is 12.0 Å². The highest BCUT2D eigenvalue weighted by atomic mass is 19.1. The Morgan fingerprint density at radius 1 is 1.69 bits per heavy atom. The standard InChI is InChI=1S/C9H9FN2O/c10-8-6-7(4-5-12-8)2-1-3-9(11)13/h1-2,4-6H,3H2,(H2,11,13). The number of pyridine rings is 1. The van der Waals surface area contributed by atoms with Gasteiger partial charge in [0.15, 0.2) is 0 Å². The smallest absolute Gasteiger partial charge is 0.221 e. The molecule has 1 amide bonds. The molecule has 0 aliphatic heterocycles. The Hall–Kier alpha value is -1.71.